The first-order chi connectivity index (χ1) is 12.5. The molecule has 1 aliphatic heterocycles. The molecular weight excluding hydrogens is 328 g/mol. The highest BCUT2D eigenvalue weighted by Crippen LogP contribution is 2.21. The molecule has 1 aromatic carbocycles. The van der Waals surface area contributed by atoms with Gasteiger partial charge in [0, 0.05) is 36.5 Å². The zero-order chi connectivity index (χ0) is 18.7. The molecule has 2 amide bonds. The molecule has 1 aromatic heterocycles. The number of hydrogen-bond donors (Lipinski definition) is 3. The number of aromatic nitrogens is 1. The minimum absolute atomic E-state index is 0.0774. The normalized spacial score (nSPS) is 20.3. The lowest BCUT2D eigenvalue weighted by molar-refractivity contribution is -0.133. The van der Waals surface area contributed by atoms with Gasteiger partial charge in [-0.2, -0.15) is 0 Å². The lowest BCUT2D eigenvalue weighted by atomic mass is 9.93. The van der Waals surface area contributed by atoms with Crippen LogP contribution in [0.1, 0.15) is 42.2 Å². The van der Waals surface area contributed by atoms with Crippen molar-refractivity contribution in [2.24, 2.45) is 11.7 Å². The number of nitrogens with zero attached hydrogens (tertiary/aromatic N) is 1. The maximum Gasteiger partial charge on any atom is 0.267 e. The fourth-order valence-electron chi connectivity index (χ4n) is 3.67. The zero-order valence-corrected chi connectivity index (χ0v) is 15.5. The number of rotatable bonds is 5. The third-order valence-corrected chi connectivity index (χ3v) is 5.28. The Bertz CT molecular complexity index is 798. The summed E-state index contributed by atoms with van der Waals surface area (Å²) in [6.07, 6.45) is 2.01. The van der Waals surface area contributed by atoms with E-state index >= 15 is 0 Å². The average Bonchev–Trinajstić information content (AvgIpc) is 3.07. The van der Waals surface area contributed by atoms with Gasteiger partial charge in [-0.3, -0.25) is 9.59 Å². The van der Waals surface area contributed by atoms with Gasteiger partial charge in [0.1, 0.15) is 5.69 Å². The van der Waals surface area contributed by atoms with Crippen LogP contribution in [0.25, 0.3) is 10.9 Å². The van der Waals surface area contributed by atoms with Crippen LogP contribution in [-0.4, -0.2) is 47.4 Å². The van der Waals surface area contributed by atoms with Crippen LogP contribution in [0.5, 0.6) is 0 Å². The second-order valence-electron chi connectivity index (χ2n) is 7.30. The molecule has 6 heteroatoms. The van der Waals surface area contributed by atoms with Crippen molar-refractivity contribution in [3.05, 3.63) is 35.5 Å². The van der Waals surface area contributed by atoms with Crippen LogP contribution in [-0.2, 0) is 4.79 Å². The number of piperidine rings is 1. The number of para-hydroxylation sites is 1. The van der Waals surface area contributed by atoms with Crippen molar-refractivity contribution in [2.45, 2.75) is 39.2 Å². The van der Waals surface area contributed by atoms with Crippen molar-refractivity contribution in [3.8, 4) is 0 Å². The average molecular weight is 356 g/mol. The first kappa shape index (κ1) is 18.5. The Kier molecular flexibility index (Phi) is 5.61. The summed E-state index contributed by atoms with van der Waals surface area (Å²) in [6, 6.07) is 8.00. The van der Waals surface area contributed by atoms with Gasteiger partial charge in [0.25, 0.3) is 5.91 Å². The van der Waals surface area contributed by atoms with Gasteiger partial charge in [-0.15, -0.1) is 0 Å². The summed E-state index contributed by atoms with van der Waals surface area (Å²) in [4.78, 5) is 29.9. The van der Waals surface area contributed by atoms with E-state index in [0.717, 1.165) is 29.3 Å². The van der Waals surface area contributed by atoms with Crippen molar-refractivity contribution in [3.63, 3.8) is 0 Å². The van der Waals surface area contributed by atoms with Gasteiger partial charge < -0.3 is 20.9 Å². The number of amides is 2. The molecule has 4 N–H and O–H groups in total. The second kappa shape index (κ2) is 7.91. The molecule has 0 unspecified atom stereocenters. The Labute approximate surface area is 154 Å². The van der Waals surface area contributed by atoms with E-state index in [4.69, 9.17) is 5.73 Å². The molecule has 1 fully saturated rings. The number of hydrogen-bond acceptors (Lipinski definition) is 3. The quantitative estimate of drug-likeness (QED) is 0.767. The van der Waals surface area contributed by atoms with E-state index in [1.165, 1.54) is 0 Å². The van der Waals surface area contributed by atoms with Gasteiger partial charge in [-0.05, 0) is 43.9 Å². The summed E-state index contributed by atoms with van der Waals surface area (Å²) in [5, 5.41) is 4.18. The molecule has 0 spiro atoms. The van der Waals surface area contributed by atoms with Crippen LogP contribution in [0.2, 0.25) is 0 Å². The molecule has 26 heavy (non-hydrogen) atoms. The number of aromatic amines is 1. The minimum atomic E-state index is -0.0830. The van der Waals surface area contributed by atoms with E-state index < -0.39 is 0 Å². The predicted octanol–water partition coefficient (Wildman–Crippen LogP) is 2.18. The fourth-order valence-corrected chi connectivity index (χ4v) is 3.67. The summed E-state index contributed by atoms with van der Waals surface area (Å²) in [5.74, 6) is 0.305. The van der Waals surface area contributed by atoms with E-state index in [2.05, 4.69) is 17.2 Å². The first-order valence-corrected chi connectivity index (χ1v) is 9.36. The number of likely N-dealkylation sites (tertiary alicyclic amines) is 1. The summed E-state index contributed by atoms with van der Waals surface area (Å²) >= 11 is 0. The Morgan fingerprint density at radius 2 is 2.19 bits per heavy atom. The lowest BCUT2D eigenvalue weighted by Gasteiger charge is -2.37. The van der Waals surface area contributed by atoms with Crippen molar-refractivity contribution in [2.75, 3.05) is 19.6 Å². The van der Waals surface area contributed by atoms with Crippen molar-refractivity contribution >= 4 is 22.7 Å². The van der Waals surface area contributed by atoms with Gasteiger partial charge in [0.15, 0.2) is 0 Å². The largest absolute Gasteiger partial charge is 0.350 e. The molecule has 2 heterocycles. The summed E-state index contributed by atoms with van der Waals surface area (Å²) in [6.45, 7) is 6.02. The standard InChI is InChI=1S/C20H28N4O2/c1-13-5-3-6-15-11-17(22-19(13)15)20(26)23-16-8-10-24(12-14(16)2)18(25)7-4-9-21/h3,5-6,11,14,16,22H,4,7-10,12,21H2,1-2H3,(H,23,26)/t14-,16-/m0/s1. The third kappa shape index (κ3) is 3.90. The molecular formula is C20H28N4O2. The Morgan fingerprint density at radius 1 is 1.38 bits per heavy atom. The molecule has 1 aliphatic rings. The summed E-state index contributed by atoms with van der Waals surface area (Å²) in [7, 11) is 0. The Balaban J connectivity index is 1.61. The molecule has 1 saturated heterocycles. The first-order valence-electron chi connectivity index (χ1n) is 9.36. The summed E-state index contributed by atoms with van der Waals surface area (Å²) < 4.78 is 0. The second-order valence-corrected chi connectivity index (χ2v) is 7.30. The van der Waals surface area contributed by atoms with Crippen LogP contribution in [0.15, 0.2) is 24.3 Å². The van der Waals surface area contributed by atoms with E-state index in [1.54, 1.807) is 0 Å². The molecule has 3 rings (SSSR count). The van der Waals surface area contributed by atoms with Crippen molar-refractivity contribution < 1.29 is 9.59 Å². The monoisotopic (exact) mass is 356 g/mol. The van der Waals surface area contributed by atoms with Crippen LogP contribution < -0.4 is 11.1 Å². The number of aryl methyl sites for hydroxylation is 1. The SMILES string of the molecule is Cc1cccc2cc(C(=O)N[C@H]3CCN(C(=O)CCCN)C[C@@H]3C)[nH]c12. The highest BCUT2D eigenvalue weighted by molar-refractivity contribution is 5.98. The number of H-pyrrole nitrogens is 1. The zero-order valence-electron chi connectivity index (χ0n) is 15.5. The molecule has 6 nitrogen and oxygen atoms in total. The molecule has 0 radical (unpaired) electrons. The molecule has 0 bridgehead atoms. The molecule has 140 valence electrons. The smallest absolute Gasteiger partial charge is 0.267 e. The highest BCUT2D eigenvalue weighted by atomic mass is 16.2. The van der Waals surface area contributed by atoms with E-state index in [-0.39, 0.29) is 23.8 Å². The maximum atomic E-state index is 12.7. The third-order valence-electron chi connectivity index (χ3n) is 5.28. The van der Waals surface area contributed by atoms with Gasteiger partial charge >= 0.3 is 0 Å². The van der Waals surface area contributed by atoms with Gasteiger partial charge in [-0.1, -0.05) is 25.1 Å². The van der Waals surface area contributed by atoms with Gasteiger partial charge in [0.05, 0.1) is 0 Å². The Morgan fingerprint density at radius 3 is 2.88 bits per heavy atom. The fraction of sp³-hybridized carbons (Fsp3) is 0.500. The highest BCUT2D eigenvalue weighted by Gasteiger charge is 2.29. The summed E-state index contributed by atoms with van der Waals surface area (Å²) in [5.41, 5.74) is 8.20. The van der Waals surface area contributed by atoms with Crippen LogP contribution >= 0.6 is 0 Å². The topological polar surface area (TPSA) is 91.2 Å². The number of carbonyl (C=O) groups excluding carboxylic acids is 2. The predicted molar refractivity (Wildman–Crippen MR) is 103 cm³/mol. The molecule has 0 saturated carbocycles. The van der Waals surface area contributed by atoms with Crippen molar-refractivity contribution in [1.82, 2.24) is 15.2 Å². The number of nitrogens with two attached hydrogens (primary N) is 1. The van der Waals surface area contributed by atoms with Crippen LogP contribution in [0.3, 0.4) is 0 Å². The number of fused-ring (bicyclic) bond motifs is 1. The lowest BCUT2D eigenvalue weighted by Crippen LogP contribution is -2.51. The minimum Gasteiger partial charge on any atom is -0.350 e. The number of nitrogens with one attached hydrogen (secondary N) is 2. The Hall–Kier alpha value is -2.34. The van der Waals surface area contributed by atoms with Gasteiger partial charge in [-0.25, -0.2) is 0 Å². The number of carbonyl (C=O) groups is 2. The van der Waals surface area contributed by atoms with E-state index in [0.29, 0.717) is 31.7 Å². The van der Waals surface area contributed by atoms with E-state index in [9.17, 15) is 9.59 Å². The maximum absolute atomic E-state index is 12.7. The molecule has 2 aromatic rings. The molecule has 2 atom stereocenters. The number of benzene rings is 1. The van der Waals surface area contributed by atoms with Crippen LogP contribution in [0, 0.1) is 12.8 Å². The van der Waals surface area contributed by atoms with Crippen molar-refractivity contribution in [1.29, 1.82) is 0 Å². The van der Waals surface area contributed by atoms with Crippen LogP contribution in [0.4, 0.5) is 0 Å². The molecule has 0 aliphatic carbocycles. The van der Waals surface area contributed by atoms with Gasteiger partial charge in [0.2, 0.25) is 5.91 Å². The van der Waals surface area contributed by atoms with E-state index in [1.807, 2.05) is 36.1 Å².